The fourth-order valence-electron chi connectivity index (χ4n) is 1.45. The number of hydrogen-bond acceptors (Lipinski definition) is 6. The van der Waals surface area contributed by atoms with E-state index < -0.39 is 0 Å². The number of halogens is 1. The van der Waals surface area contributed by atoms with Crippen molar-refractivity contribution >= 4 is 33.0 Å². The van der Waals surface area contributed by atoms with Crippen molar-refractivity contribution in [3.63, 3.8) is 0 Å². The normalized spacial score (nSPS) is 10.7. The van der Waals surface area contributed by atoms with Gasteiger partial charge in [0.2, 0.25) is 5.82 Å². The summed E-state index contributed by atoms with van der Waals surface area (Å²) in [5, 5.41) is 5.91. The number of thiophene rings is 1. The zero-order chi connectivity index (χ0) is 12.5. The zero-order valence-corrected chi connectivity index (χ0v) is 11.4. The van der Waals surface area contributed by atoms with Crippen LogP contribution in [0, 0.1) is 0 Å². The van der Waals surface area contributed by atoms with Crippen molar-refractivity contribution < 1.29 is 4.52 Å². The number of rotatable bonds is 2. The Hall–Kier alpha value is -1.73. The molecule has 0 atom stereocenters. The molecular formula is C11H7BrN4OS. The molecule has 0 amide bonds. The van der Waals surface area contributed by atoms with Gasteiger partial charge in [-0.15, -0.1) is 11.3 Å². The fourth-order valence-corrected chi connectivity index (χ4v) is 2.80. The molecule has 90 valence electrons. The molecular weight excluding hydrogens is 316 g/mol. The first-order chi connectivity index (χ1) is 8.72. The number of nitrogen functional groups attached to an aromatic ring is 1. The van der Waals surface area contributed by atoms with Gasteiger partial charge in [-0.2, -0.15) is 4.98 Å². The first-order valence-corrected chi connectivity index (χ1v) is 6.68. The molecule has 0 fully saturated rings. The van der Waals surface area contributed by atoms with E-state index in [1.54, 1.807) is 29.8 Å². The van der Waals surface area contributed by atoms with Gasteiger partial charge in [-0.1, -0.05) is 5.16 Å². The molecule has 0 aliphatic heterocycles. The smallest absolute Gasteiger partial charge is 0.259 e. The van der Waals surface area contributed by atoms with E-state index in [0.29, 0.717) is 23.0 Å². The predicted octanol–water partition coefficient (Wildman–Crippen LogP) is 3.20. The lowest BCUT2D eigenvalue weighted by Crippen LogP contribution is -1.87. The van der Waals surface area contributed by atoms with Crippen molar-refractivity contribution in [2.45, 2.75) is 0 Å². The van der Waals surface area contributed by atoms with Crippen LogP contribution >= 0.6 is 27.3 Å². The lowest BCUT2D eigenvalue weighted by Gasteiger charge is -1.94. The largest absolute Gasteiger partial charge is 0.397 e. The molecule has 0 saturated carbocycles. The van der Waals surface area contributed by atoms with E-state index >= 15 is 0 Å². The quantitative estimate of drug-likeness (QED) is 0.783. The van der Waals surface area contributed by atoms with Crippen LogP contribution < -0.4 is 5.73 Å². The highest BCUT2D eigenvalue weighted by Crippen LogP contribution is 2.29. The molecule has 3 rings (SSSR count). The highest BCUT2D eigenvalue weighted by atomic mass is 79.9. The van der Waals surface area contributed by atoms with Crippen LogP contribution in [0.1, 0.15) is 0 Å². The topological polar surface area (TPSA) is 77.8 Å². The SMILES string of the molecule is Nc1cncc(-c2nc(-c3cc(Br)cs3)no2)c1. The van der Waals surface area contributed by atoms with Crippen LogP contribution in [0.4, 0.5) is 5.69 Å². The lowest BCUT2D eigenvalue weighted by molar-refractivity contribution is 0.432. The van der Waals surface area contributed by atoms with Crippen molar-refractivity contribution in [2.24, 2.45) is 0 Å². The maximum atomic E-state index is 5.66. The third kappa shape index (κ3) is 2.14. The summed E-state index contributed by atoms with van der Waals surface area (Å²) < 4.78 is 6.20. The number of nitrogens with zero attached hydrogens (tertiary/aromatic N) is 3. The Morgan fingerprint density at radius 3 is 2.89 bits per heavy atom. The minimum atomic E-state index is 0.411. The Kier molecular flexibility index (Phi) is 2.85. The summed E-state index contributed by atoms with van der Waals surface area (Å²) in [7, 11) is 0. The van der Waals surface area contributed by atoms with E-state index in [4.69, 9.17) is 10.3 Å². The van der Waals surface area contributed by atoms with Crippen molar-refractivity contribution in [3.8, 4) is 22.2 Å². The Balaban J connectivity index is 1.99. The monoisotopic (exact) mass is 322 g/mol. The molecule has 0 aromatic carbocycles. The fraction of sp³-hybridized carbons (Fsp3) is 0. The molecule has 7 heteroatoms. The van der Waals surface area contributed by atoms with Gasteiger partial charge in [0, 0.05) is 22.2 Å². The van der Waals surface area contributed by atoms with Gasteiger partial charge in [0.25, 0.3) is 5.89 Å². The maximum Gasteiger partial charge on any atom is 0.259 e. The predicted molar refractivity (Wildman–Crippen MR) is 73.0 cm³/mol. The molecule has 3 aromatic heterocycles. The summed E-state index contributed by atoms with van der Waals surface area (Å²) in [6.07, 6.45) is 3.20. The van der Waals surface area contributed by atoms with Gasteiger partial charge in [-0.05, 0) is 28.1 Å². The molecule has 0 radical (unpaired) electrons. The number of anilines is 1. The second-order valence-corrected chi connectivity index (χ2v) is 5.39. The lowest BCUT2D eigenvalue weighted by atomic mass is 10.2. The van der Waals surface area contributed by atoms with Crippen LogP contribution in [0.2, 0.25) is 0 Å². The number of nitrogens with two attached hydrogens (primary N) is 1. The minimum Gasteiger partial charge on any atom is -0.397 e. The van der Waals surface area contributed by atoms with Crippen molar-refractivity contribution in [3.05, 3.63) is 34.4 Å². The third-order valence-corrected chi connectivity index (χ3v) is 3.91. The highest BCUT2D eigenvalue weighted by Gasteiger charge is 2.12. The van der Waals surface area contributed by atoms with Crippen molar-refractivity contribution in [1.82, 2.24) is 15.1 Å². The van der Waals surface area contributed by atoms with Gasteiger partial charge in [-0.3, -0.25) is 4.98 Å². The molecule has 3 heterocycles. The average Bonchev–Trinajstić information content (AvgIpc) is 2.97. The van der Waals surface area contributed by atoms with Gasteiger partial charge in [-0.25, -0.2) is 0 Å². The summed E-state index contributed by atoms with van der Waals surface area (Å²) in [5.74, 6) is 0.970. The van der Waals surface area contributed by atoms with E-state index in [0.717, 1.165) is 9.35 Å². The van der Waals surface area contributed by atoms with E-state index in [-0.39, 0.29) is 0 Å². The van der Waals surface area contributed by atoms with Crippen LogP contribution in [0.5, 0.6) is 0 Å². The minimum absolute atomic E-state index is 0.411. The number of pyridine rings is 1. The Bertz CT molecular complexity index is 694. The second-order valence-electron chi connectivity index (χ2n) is 3.56. The van der Waals surface area contributed by atoms with Gasteiger partial charge < -0.3 is 10.3 Å². The summed E-state index contributed by atoms with van der Waals surface area (Å²) in [4.78, 5) is 9.25. The standard InChI is InChI=1S/C11H7BrN4OS/c12-7-2-9(18-5-7)10-15-11(17-16-10)6-1-8(13)4-14-3-6/h1-5H,13H2. The Labute approximate surface area is 115 Å². The third-order valence-electron chi connectivity index (χ3n) is 2.22. The van der Waals surface area contributed by atoms with E-state index in [9.17, 15) is 0 Å². The van der Waals surface area contributed by atoms with Gasteiger partial charge in [0.15, 0.2) is 0 Å². The average molecular weight is 323 g/mol. The maximum absolute atomic E-state index is 5.66. The van der Waals surface area contributed by atoms with E-state index in [1.165, 1.54) is 0 Å². The van der Waals surface area contributed by atoms with Crippen LogP contribution in [-0.4, -0.2) is 15.1 Å². The first kappa shape index (κ1) is 11.4. The molecule has 0 saturated heterocycles. The highest BCUT2D eigenvalue weighted by molar-refractivity contribution is 9.10. The molecule has 5 nitrogen and oxygen atoms in total. The number of aromatic nitrogens is 3. The summed E-state index contributed by atoms with van der Waals surface area (Å²) >= 11 is 4.93. The molecule has 0 aliphatic carbocycles. The van der Waals surface area contributed by atoms with Crippen LogP contribution in [0.25, 0.3) is 22.2 Å². The van der Waals surface area contributed by atoms with E-state index in [2.05, 4.69) is 31.1 Å². The second kappa shape index (κ2) is 4.51. The van der Waals surface area contributed by atoms with Gasteiger partial charge in [0.1, 0.15) is 0 Å². The molecule has 0 spiro atoms. The van der Waals surface area contributed by atoms with Crippen LogP contribution in [0.15, 0.2) is 38.9 Å². The molecule has 18 heavy (non-hydrogen) atoms. The first-order valence-electron chi connectivity index (χ1n) is 5.01. The van der Waals surface area contributed by atoms with Gasteiger partial charge >= 0.3 is 0 Å². The Morgan fingerprint density at radius 2 is 2.17 bits per heavy atom. The van der Waals surface area contributed by atoms with Crippen molar-refractivity contribution in [2.75, 3.05) is 5.73 Å². The van der Waals surface area contributed by atoms with Crippen LogP contribution in [-0.2, 0) is 0 Å². The molecule has 0 unspecified atom stereocenters. The molecule has 3 aromatic rings. The van der Waals surface area contributed by atoms with Gasteiger partial charge in [0.05, 0.1) is 16.1 Å². The summed E-state index contributed by atoms with van der Waals surface area (Å²) in [6, 6.07) is 3.69. The number of hydrogen-bond donors (Lipinski definition) is 1. The molecule has 0 bridgehead atoms. The van der Waals surface area contributed by atoms with Crippen molar-refractivity contribution in [1.29, 1.82) is 0 Å². The summed E-state index contributed by atoms with van der Waals surface area (Å²) in [5.41, 5.74) is 6.93. The Morgan fingerprint density at radius 1 is 1.28 bits per heavy atom. The van der Waals surface area contributed by atoms with E-state index in [1.807, 2.05) is 11.4 Å². The molecule has 0 aliphatic rings. The van der Waals surface area contributed by atoms with Crippen LogP contribution in [0.3, 0.4) is 0 Å². The zero-order valence-electron chi connectivity index (χ0n) is 9.00. The molecule has 2 N–H and O–H groups in total. The summed E-state index contributed by atoms with van der Waals surface area (Å²) in [6.45, 7) is 0.